The van der Waals surface area contributed by atoms with Crippen LogP contribution in [0.25, 0.3) is 0 Å². The maximum atomic E-state index is 12.4. The van der Waals surface area contributed by atoms with Gasteiger partial charge in [0.15, 0.2) is 0 Å². The van der Waals surface area contributed by atoms with Gasteiger partial charge in [0, 0.05) is 25.8 Å². The second-order valence-corrected chi connectivity index (χ2v) is 5.46. The van der Waals surface area contributed by atoms with Gasteiger partial charge in [-0.3, -0.25) is 4.79 Å². The van der Waals surface area contributed by atoms with E-state index in [-0.39, 0.29) is 5.91 Å². The van der Waals surface area contributed by atoms with E-state index in [0.29, 0.717) is 17.4 Å². The van der Waals surface area contributed by atoms with Crippen LogP contribution >= 0.6 is 0 Å². The Morgan fingerprint density at radius 1 is 1.42 bits per heavy atom. The van der Waals surface area contributed by atoms with Crippen molar-refractivity contribution in [2.45, 2.75) is 27.2 Å². The lowest BCUT2D eigenvalue weighted by Gasteiger charge is -2.35. The van der Waals surface area contributed by atoms with E-state index >= 15 is 0 Å². The lowest BCUT2D eigenvalue weighted by atomic mass is 9.88. The molecule has 2 unspecified atom stereocenters. The number of pyridine rings is 1. The minimum Gasteiger partial charge on any atom is -0.370 e. The van der Waals surface area contributed by atoms with E-state index in [2.05, 4.69) is 24.1 Å². The number of carbonyl (C=O) groups excluding carboxylic acids is 1. The Hall–Kier alpha value is -1.58. The van der Waals surface area contributed by atoms with Gasteiger partial charge < -0.3 is 10.2 Å². The van der Waals surface area contributed by atoms with Crippen molar-refractivity contribution < 1.29 is 4.79 Å². The first-order valence-electron chi connectivity index (χ1n) is 7.11. The van der Waals surface area contributed by atoms with Crippen LogP contribution in [0.1, 0.15) is 37.6 Å². The molecule has 1 amide bonds. The molecular formula is C15H23N3O. The highest BCUT2D eigenvalue weighted by atomic mass is 16.2. The van der Waals surface area contributed by atoms with Crippen molar-refractivity contribution in [2.75, 3.05) is 25.0 Å². The van der Waals surface area contributed by atoms with E-state index in [4.69, 9.17) is 0 Å². The van der Waals surface area contributed by atoms with Gasteiger partial charge in [0.05, 0.1) is 5.56 Å². The second-order valence-electron chi connectivity index (χ2n) is 5.46. The van der Waals surface area contributed by atoms with E-state index in [1.807, 2.05) is 24.0 Å². The molecule has 4 heteroatoms. The van der Waals surface area contributed by atoms with E-state index in [9.17, 15) is 4.79 Å². The van der Waals surface area contributed by atoms with Crippen LogP contribution in [0.5, 0.6) is 0 Å². The van der Waals surface area contributed by atoms with E-state index in [0.717, 1.165) is 31.9 Å². The van der Waals surface area contributed by atoms with Crippen LogP contribution in [0.3, 0.4) is 0 Å². The molecular weight excluding hydrogens is 238 g/mol. The summed E-state index contributed by atoms with van der Waals surface area (Å²) in [6.45, 7) is 9.06. The summed E-state index contributed by atoms with van der Waals surface area (Å²) in [6, 6.07) is 3.72. The van der Waals surface area contributed by atoms with E-state index in [1.54, 1.807) is 6.20 Å². The molecule has 2 heterocycles. The lowest BCUT2D eigenvalue weighted by Crippen LogP contribution is -2.42. The Labute approximate surface area is 115 Å². The molecule has 19 heavy (non-hydrogen) atoms. The van der Waals surface area contributed by atoms with Crippen molar-refractivity contribution in [1.29, 1.82) is 0 Å². The number of amides is 1. The minimum absolute atomic E-state index is 0.106. The summed E-state index contributed by atoms with van der Waals surface area (Å²) in [6.07, 6.45) is 2.76. The third-order valence-corrected chi connectivity index (χ3v) is 3.99. The normalized spacial score (nSPS) is 23.2. The summed E-state index contributed by atoms with van der Waals surface area (Å²) in [5, 5.41) is 3.13. The number of anilines is 1. The lowest BCUT2D eigenvalue weighted by molar-refractivity contribution is 0.0627. The Morgan fingerprint density at radius 3 is 2.79 bits per heavy atom. The van der Waals surface area contributed by atoms with Crippen molar-refractivity contribution in [3.8, 4) is 0 Å². The predicted molar refractivity (Wildman–Crippen MR) is 77.2 cm³/mol. The molecule has 2 rings (SSSR count). The van der Waals surface area contributed by atoms with Gasteiger partial charge in [0.2, 0.25) is 0 Å². The molecule has 0 aliphatic carbocycles. The first-order valence-corrected chi connectivity index (χ1v) is 7.11. The fourth-order valence-electron chi connectivity index (χ4n) is 2.44. The topological polar surface area (TPSA) is 45.2 Å². The number of rotatable bonds is 3. The summed E-state index contributed by atoms with van der Waals surface area (Å²) in [7, 11) is 0. The fourth-order valence-corrected chi connectivity index (χ4v) is 2.44. The van der Waals surface area contributed by atoms with Crippen LogP contribution in [0, 0.1) is 11.8 Å². The first-order chi connectivity index (χ1) is 9.11. The number of carbonyl (C=O) groups is 1. The quantitative estimate of drug-likeness (QED) is 0.909. The van der Waals surface area contributed by atoms with Crippen LogP contribution in [-0.2, 0) is 0 Å². The molecule has 1 aromatic heterocycles. The summed E-state index contributed by atoms with van der Waals surface area (Å²) < 4.78 is 0. The molecule has 1 fully saturated rings. The average Bonchev–Trinajstić information content (AvgIpc) is 2.42. The van der Waals surface area contributed by atoms with Gasteiger partial charge >= 0.3 is 0 Å². The molecule has 1 aliphatic heterocycles. The molecule has 0 radical (unpaired) electrons. The number of nitrogens with zero attached hydrogens (tertiary/aromatic N) is 2. The molecule has 2 atom stereocenters. The largest absolute Gasteiger partial charge is 0.370 e. The highest BCUT2D eigenvalue weighted by Crippen LogP contribution is 2.23. The number of likely N-dealkylation sites (tertiary alicyclic amines) is 1. The van der Waals surface area contributed by atoms with Gasteiger partial charge in [0.25, 0.3) is 5.91 Å². The number of nitrogens with one attached hydrogen (secondary N) is 1. The van der Waals surface area contributed by atoms with Crippen LogP contribution in [0.4, 0.5) is 5.82 Å². The van der Waals surface area contributed by atoms with Gasteiger partial charge in [-0.25, -0.2) is 4.98 Å². The SMILES string of the molecule is CCNc1ccc(C(=O)N2CCC(C)C(C)C2)cn1. The fraction of sp³-hybridized carbons (Fsp3) is 0.600. The molecule has 1 aliphatic rings. The van der Waals surface area contributed by atoms with Crippen LogP contribution in [-0.4, -0.2) is 35.4 Å². The van der Waals surface area contributed by atoms with Crippen LogP contribution < -0.4 is 5.32 Å². The van der Waals surface area contributed by atoms with Crippen molar-refractivity contribution in [2.24, 2.45) is 11.8 Å². The third kappa shape index (κ3) is 3.25. The molecule has 1 saturated heterocycles. The van der Waals surface area contributed by atoms with Gasteiger partial charge in [0.1, 0.15) is 5.82 Å². The van der Waals surface area contributed by atoms with Gasteiger partial charge in [-0.1, -0.05) is 13.8 Å². The van der Waals surface area contributed by atoms with Crippen molar-refractivity contribution in [1.82, 2.24) is 9.88 Å². The van der Waals surface area contributed by atoms with E-state index < -0.39 is 0 Å². The molecule has 0 aromatic carbocycles. The highest BCUT2D eigenvalue weighted by molar-refractivity contribution is 5.94. The first kappa shape index (κ1) is 13.8. The zero-order valence-electron chi connectivity index (χ0n) is 12.0. The number of hydrogen-bond donors (Lipinski definition) is 1. The maximum absolute atomic E-state index is 12.4. The molecule has 104 valence electrons. The van der Waals surface area contributed by atoms with Crippen LogP contribution in [0.15, 0.2) is 18.3 Å². The van der Waals surface area contributed by atoms with Crippen LogP contribution in [0.2, 0.25) is 0 Å². The number of piperidine rings is 1. The third-order valence-electron chi connectivity index (χ3n) is 3.99. The molecule has 1 aromatic rings. The Morgan fingerprint density at radius 2 is 2.21 bits per heavy atom. The highest BCUT2D eigenvalue weighted by Gasteiger charge is 2.26. The molecule has 4 nitrogen and oxygen atoms in total. The predicted octanol–water partition coefficient (Wildman–Crippen LogP) is 2.63. The minimum atomic E-state index is 0.106. The summed E-state index contributed by atoms with van der Waals surface area (Å²) in [4.78, 5) is 18.6. The molecule has 0 spiro atoms. The molecule has 0 bridgehead atoms. The smallest absolute Gasteiger partial charge is 0.255 e. The number of aromatic nitrogens is 1. The maximum Gasteiger partial charge on any atom is 0.255 e. The molecule has 0 saturated carbocycles. The van der Waals surface area contributed by atoms with Crippen molar-refractivity contribution >= 4 is 11.7 Å². The zero-order valence-corrected chi connectivity index (χ0v) is 12.0. The van der Waals surface area contributed by atoms with E-state index in [1.165, 1.54) is 0 Å². The summed E-state index contributed by atoms with van der Waals surface area (Å²) >= 11 is 0. The monoisotopic (exact) mass is 261 g/mol. The summed E-state index contributed by atoms with van der Waals surface area (Å²) in [5.41, 5.74) is 0.684. The average molecular weight is 261 g/mol. The van der Waals surface area contributed by atoms with Gasteiger partial charge in [-0.15, -0.1) is 0 Å². The van der Waals surface area contributed by atoms with Gasteiger partial charge in [-0.05, 0) is 37.3 Å². The second kappa shape index (κ2) is 6.04. The Kier molecular flexibility index (Phi) is 4.40. The number of hydrogen-bond acceptors (Lipinski definition) is 3. The van der Waals surface area contributed by atoms with Crippen molar-refractivity contribution in [3.63, 3.8) is 0 Å². The van der Waals surface area contributed by atoms with Crippen molar-refractivity contribution in [3.05, 3.63) is 23.9 Å². The summed E-state index contributed by atoms with van der Waals surface area (Å²) in [5.74, 6) is 2.21. The Balaban J connectivity index is 2.03. The standard InChI is InChI=1S/C15H23N3O/c1-4-16-14-6-5-13(9-17-14)15(19)18-8-7-11(2)12(3)10-18/h5-6,9,11-12H,4,7-8,10H2,1-3H3,(H,16,17). The van der Waals surface area contributed by atoms with Gasteiger partial charge in [-0.2, -0.15) is 0 Å². The zero-order chi connectivity index (χ0) is 13.8. The Bertz CT molecular complexity index is 430. The molecule has 1 N–H and O–H groups in total.